The predicted molar refractivity (Wildman–Crippen MR) is 83.5 cm³/mol. The molecule has 0 aliphatic rings. The summed E-state index contributed by atoms with van der Waals surface area (Å²) in [7, 11) is -4.00. The van der Waals surface area contributed by atoms with Crippen LogP contribution in [0.2, 0.25) is 0 Å². The molecule has 0 aromatic heterocycles. The van der Waals surface area contributed by atoms with Crippen LogP contribution < -0.4 is 0 Å². The molecule has 2 aromatic rings. The van der Waals surface area contributed by atoms with Crippen molar-refractivity contribution in [2.24, 2.45) is 0 Å². The maximum absolute atomic E-state index is 12.7. The van der Waals surface area contributed by atoms with Gasteiger partial charge in [-0.3, -0.25) is 4.55 Å². The van der Waals surface area contributed by atoms with Crippen molar-refractivity contribution in [1.82, 2.24) is 0 Å². The van der Waals surface area contributed by atoms with Crippen LogP contribution >= 0.6 is 0 Å². The van der Waals surface area contributed by atoms with Crippen LogP contribution in [0.15, 0.2) is 41.8 Å². The topological polar surface area (TPSA) is 54.4 Å². The molecule has 12 heteroatoms. The normalized spacial score (nSPS) is 11.2. The van der Waals surface area contributed by atoms with Crippen LogP contribution in [0.4, 0.5) is 35.1 Å². The van der Waals surface area contributed by atoms with Crippen LogP contribution in [0, 0.1) is 29.1 Å². The summed E-state index contributed by atoms with van der Waals surface area (Å²) in [4.78, 5) is 0. The molecule has 0 amide bonds. The molecule has 0 fully saturated rings. The van der Waals surface area contributed by atoms with Crippen LogP contribution in [0.5, 0.6) is 0 Å². The third kappa shape index (κ3) is 6.16. The average molecular weight is 432 g/mol. The van der Waals surface area contributed by atoms with Crippen LogP contribution in [0.1, 0.15) is 11.1 Å². The highest BCUT2D eigenvalue weighted by Crippen LogP contribution is 2.31. The molecule has 0 bridgehead atoms. The van der Waals surface area contributed by atoms with Crippen molar-refractivity contribution in [1.29, 1.82) is 0 Å². The molecule has 0 saturated heterocycles. The molecule has 0 aliphatic carbocycles. The van der Waals surface area contributed by atoms with Gasteiger partial charge >= 0.3 is 6.08 Å². The summed E-state index contributed by atoms with van der Waals surface area (Å²) in [6.45, 7) is 0. The van der Waals surface area contributed by atoms with Crippen molar-refractivity contribution >= 4 is 22.0 Å². The Kier molecular flexibility index (Phi) is 7.88. The number of benzene rings is 2. The monoisotopic (exact) mass is 432 g/mol. The molecule has 0 radical (unpaired) electrons. The van der Waals surface area contributed by atoms with Gasteiger partial charge in [0, 0.05) is 0 Å². The Hall–Kier alpha value is -2.73. The minimum atomic E-state index is -4.00. The van der Waals surface area contributed by atoms with Gasteiger partial charge in [-0.1, -0.05) is 30.3 Å². The average Bonchev–Trinajstić information content (AvgIpc) is 2.64. The van der Waals surface area contributed by atoms with Gasteiger partial charge in [0.25, 0.3) is 10.1 Å². The second-order valence-corrected chi connectivity index (χ2v) is 6.05. The van der Waals surface area contributed by atoms with E-state index in [0.717, 1.165) is 11.0 Å². The maximum atomic E-state index is 12.7. The molecule has 0 atom stereocenters. The first-order chi connectivity index (χ1) is 12.9. The number of hydrogen-bond acceptors (Lipinski definition) is 2. The zero-order valence-electron chi connectivity index (χ0n) is 13.2. The maximum Gasteiger partial charge on any atom is 0.306 e. The summed E-state index contributed by atoms with van der Waals surface area (Å²) in [5.74, 6) is -15.6. The van der Waals surface area contributed by atoms with Gasteiger partial charge in [0.15, 0.2) is 23.3 Å². The fourth-order valence-corrected chi connectivity index (χ4v) is 1.95. The highest BCUT2D eigenvalue weighted by molar-refractivity contribution is 7.88. The van der Waals surface area contributed by atoms with Crippen molar-refractivity contribution in [3.63, 3.8) is 0 Å². The van der Waals surface area contributed by atoms with Crippen molar-refractivity contribution < 1.29 is 48.1 Å². The smallest absolute Gasteiger partial charge is 0.282 e. The molecular formula is C16H8F8O3S. The Morgan fingerprint density at radius 1 is 0.786 bits per heavy atom. The van der Waals surface area contributed by atoms with E-state index in [1.807, 2.05) is 6.07 Å². The van der Waals surface area contributed by atoms with Gasteiger partial charge in [0.05, 0.1) is 11.0 Å². The van der Waals surface area contributed by atoms with Crippen molar-refractivity contribution in [2.45, 2.75) is 0 Å². The lowest BCUT2D eigenvalue weighted by Crippen LogP contribution is -2.05. The van der Waals surface area contributed by atoms with Gasteiger partial charge in [0.2, 0.25) is 11.6 Å². The molecule has 0 heterocycles. The summed E-state index contributed by atoms with van der Waals surface area (Å²) in [6, 6.07) is 8.86. The standard InChI is InChI=1S/C8F8.C8H8O3S/c9-2-1(4(11)8(15)16)3(10)6(13)7(14)5(2)12;9-12(10,11)7-6-8-4-2-1-3-5-8/h;1-7H,(H,9,10,11). The molecule has 2 rings (SSSR count). The molecule has 0 aliphatic heterocycles. The van der Waals surface area contributed by atoms with E-state index in [0.29, 0.717) is 0 Å². The van der Waals surface area contributed by atoms with Crippen molar-refractivity contribution in [2.75, 3.05) is 0 Å². The Labute approximate surface area is 153 Å². The first-order valence-electron chi connectivity index (χ1n) is 6.80. The lowest BCUT2D eigenvalue weighted by Gasteiger charge is -2.05. The van der Waals surface area contributed by atoms with Crippen molar-refractivity contribution in [3.05, 3.63) is 82.0 Å². The van der Waals surface area contributed by atoms with E-state index < -0.39 is 56.7 Å². The fraction of sp³-hybridized carbons (Fsp3) is 0. The second kappa shape index (κ2) is 9.46. The van der Waals surface area contributed by atoms with Crippen LogP contribution in [0.25, 0.3) is 11.9 Å². The third-order valence-corrected chi connectivity index (χ3v) is 3.31. The molecule has 0 spiro atoms. The van der Waals surface area contributed by atoms with Crippen LogP contribution in [0.3, 0.4) is 0 Å². The van der Waals surface area contributed by atoms with Gasteiger partial charge < -0.3 is 0 Å². The second-order valence-electron chi connectivity index (χ2n) is 4.75. The first-order valence-corrected chi connectivity index (χ1v) is 8.30. The molecule has 0 saturated carbocycles. The van der Waals surface area contributed by atoms with Gasteiger partial charge in [-0.05, 0) is 11.6 Å². The Bertz CT molecular complexity index is 985. The molecule has 3 nitrogen and oxygen atoms in total. The molecule has 28 heavy (non-hydrogen) atoms. The summed E-state index contributed by atoms with van der Waals surface area (Å²) >= 11 is 0. The zero-order valence-corrected chi connectivity index (χ0v) is 14.1. The third-order valence-electron chi connectivity index (χ3n) is 2.83. The lowest BCUT2D eigenvalue weighted by atomic mass is 10.1. The van der Waals surface area contributed by atoms with E-state index in [1.54, 1.807) is 24.3 Å². The molecule has 152 valence electrons. The summed E-state index contributed by atoms with van der Waals surface area (Å²) in [5.41, 5.74) is -1.55. The minimum absolute atomic E-state index is 0.732. The van der Waals surface area contributed by atoms with Gasteiger partial charge in [-0.2, -0.15) is 17.2 Å². The number of rotatable bonds is 3. The summed E-state index contributed by atoms with van der Waals surface area (Å²) in [6.07, 6.45) is -1.86. The Balaban J connectivity index is 0.000000292. The fourth-order valence-electron chi connectivity index (χ4n) is 1.62. The lowest BCUT2D eigenvalue weighted by molar-refractivity contribution is 0.369. The highest BCUT2D eigenvalue weighted by atomic mass is 32.2. The summed E-state index contributed by atoms with van der Waals surface area (Å²) < 4.78 is 127. The van der Waals surface area contributed by atoms with E-state index in [4.69, 9.17) is 4.55 Å². The molecule has 0 unspecified atom stereocenters. The number of hydrogen-bond donors (Lipinski definition) is 1. The van der Waals surface area contributed by atoms with E-state index in [-0.39, 0.29) is 0 Å². The quantitative estimate of drug-likeness (QED) is 0.303. The SMILES string of the molecule is FC(F)=C(F)c1c(F)c(F)c(F)c(F)c1F.O=S(=O)(O)C=Cc1ccccc1. The Morgan fingerprint density at radius 2 is 1.21 bits per heavy atom. The van der Waals surface area contributed by atoms with Gasteiger partial charge in [0.1, 0.15) is 0 Å². The van der Waals surface area contributed by atoms with Crippen molar-refractivity contribution in [3.8, 4) is 0 Å². The first kappa shape index (κ1) is 23.3. The summed E-state index contributed by atoms with van der Waals surface area (Å²) in [5, 5.41) is 0.752. The van der Waals surface area contributed by atoms with Crippen LogP contribution in [-0.4, -0.2) is 13.0 Å². The molecular weight excluding hydrogens is 424 g/mol. The largest absolute Gasteiger partial charge is 0.306 e. The molecule has 2 aromatic carbocycles. The predicted octanol–water partition coefficient (Wildman–Crippen LogP) is 5.46. The van der Waals surface area contributed by atoms with E-state index in [1.165, 1.54) is 6.08 Å². The van der Waals surface area contributed by atoms with E-state index >= 15 is 0 Å². The minimum Gasteiger partial charge on any atom is -0.282 e. The van der Waals surface area contributed by atoms with Gasteiger partial charge in [-0.25, -0.2) is 26.3 Å². The van der Waals surface area contributed by atoms with E-state index in [2.05, 4.69) is 0 Å². The highest BCUT2D eigenvalue weighted by Gasteiger charge is 2.29. The number of halogens is 8. The molecule has 1 N–H and O–H groups in total. The zero-order chi connectivity index (χ0) is 21.6. The Morgan fingerprint density at radius 3 is 1.61 bits per heavy atom. The van der Waals surface area contributed by atoms with E-state index in [9.17, 15) is 43.5 Å². The van der Waals surface area contributed by atoms with Gasteiger partial charge in [-0.15, -0.1) is 0 Å². The van der Waals surface area contributed by atoms with Crippen LogP contribution in [-0.2, 0) is 10.1 Å².